The van der Waals surface area contributed by atoms with Gasteiger partial charge in [0, 0.05) is 6.07 Å². The Labute approximate surface area is 145 Å². The number of aromatic nitrogens is 4. The number of nitro groups is 1. The molecule has 0 N–H and O–H groups in total. The summed E-state index contributed by atoms with van der Waals surface area (Å²) in [5.74, 6) is 0.900. The lowest BCUT2D eigenvalue weighted by atomic mass is 10.2. The van der Waals surface area contributed by atoms with E-state index in [-0.39, 0.29) is 28.1 Å². The van der Waals surface area contributed by atoms with Gasteiger partial charge >= 0.3 is 0 Å². The van der Waals surface area contributed by atoms with Gasteiger partial charge in [-0.3, -0.25) is 10.1 Å². The Morgan fingerprint density at radius 1 is 1.29 bits per heavy atom. The molecule has 0 bridgehead atoms. The zero-order chi connectivity index (χ0) is 17.1. The van der Waals surface area contributed by atoms with Crippen molar-refractivity contribution in [3.05, 3.63) is 45.6 Å². The molecule has 0 saturated heterocycles. The van der Waals surface area contributed by atoms with Gasteiger partial charge in [-0.05, 0) is 11.8 Å². The Bertz CT molecular complexity index is 902. The maximum Gasteiger partial charge on any atom is 0.282 e. The summed E-state index contributed by atoms with van der Waals surface area (Å²) in [5, 5.41) is 19.7. The van der Waals surface area contributed by atoms with Gasteiger partial charge in [0.05, 0.1) is 16.1 Å². The van der Waals surface area contributed by atoms with Crippen LogP contribution >= 0.6 is 23.4 Å². The first-order valence-electron chi connectivity index (χ1n) is 6.83. The average Bonchev–Trinajstić information content (AvgIpc) is 3.06. The Hall–Kier alpha value is -2.52. The quantitative estimate of drug-likeness (QED) is 0.291. The molecule has 2 aromatic heterocycles. The van der Waals surface area contributed by atoms with Crippen molar-refractivity contribution in [3.8, 4) is 23.0 Å². The molecule has 0 aliphatic rings. The molecule has 2 heterocycles. The second kappa shape index (κ2) is 6.93. The van der Waals surface area contributed by atoms with Gasteiger partial charge in [-0.1, -0.05) is 42.4 Å². The molecule has 3 aromatic rings. The van der Waals surface area contributed by atoms with Gasteiger partial charge in [-0.2, -0.15) is 0 Å². The molecule has 0 radical (unpaired) electrons. The van der Waals surface area contributed by atoms with Gasteiger partial charge in [0.1, 0.15) is 5.56 Å². The van der Waals surface area contributed by atoms with Crippen molar-refractivity contribution in [2.75, 3.05) is 5.75 Å². The first kappa shape index (κ1) is 16.3. The molecular weight excluding hydrogens is 354 g/mol. The van der Waals surface area contributed by atoms with E-state index in [0.29, 0.717) is 10.9 Å². The van der Waals surface area contributed by atoms with Gasteiger partial charge in [-0.15, -0.1) is 10.2 Å². The Kier molecular flexibility index (Phi) is 4.72. The highest BCUT2D eigenvalue weighted by Crippen LogP contribution is 2.32. The topological polar surface area (TPSA) is 108 Å². The largest absolute Gasteiger partial charge is 0.414 e. The van der Waals surface area contributed by atoms with Crippen LogP contribution in [0.15, 0.2) is 40.0 Å². The minimum Gasteiger partial charge on any atom is -0.414 e. The molecule has 0 fully saturated rings. The standard InChI is InChI=1S/C14H10ClN5O3S/c1-2-24-14-16-7-9(15)11(17-14)13-19-18-12(23-13)8-5-3-4-6-10(8)20(21)22/h3-7H,2H2,1H3. The molecule has 122 valence electrons. The first-order chi connectivity index (χ1) is 11.6. The minimum atomic E-state index is -0.507. The molecule has 0 spiro atoms. The number of nitrogens with zero attached hydrogens (tertiary/aromatic N) is 5. The van der Waals surface area contributed by atoms with Crippen LogP contribution in [0.25, 0.3) is 23.0 Å². The zero-order valence-corrected chi connectivity index (χ0v) is 13.9. The molecule has 0 amide bonds. The number of rotatable bonds is 5. The Morgan fingerprint density at radius 2 is 2.04 bits per heavy atom. The molecule has 0 unspecified atom stereocenters. The van der Waals surface area contributed by atoms with Gasteiger partial charge < -0.3 is 4.42 Å². The van der Waals surface area contributed by atoms with Crippen LogP contribution in [0.2, 0.25) is 5.02 Å². The van der Waals surface area contributed by atoms with E-state index in [0.717, 1.165) is 5.75 Å². The number of hydrogen-bond acceptors (Lipinski definition) is 8. The second-order valence-electron chi connectivity index (χ2n) is 4.47. The summed E-state index contributed by atoms with van der Waals surface area (Å²) in [6.45, 7) is 1.97. The van der Waals surface area contributed by atoms with Gasteiger partial charge in [0.2, 0.25) is 0 Å². The fraction of sp³-hybridized carbons (Fsp3) is 0.143. The molecule has 1 aromatic carbocycles. The van der Waals surface area contributed by atoms with E-state index in [9.17, 15) is 10.1 Å². The van der Waals surface area contributed by atoms with Crippen LogP contribution < -0.4 is 0 Å². The zero-order valence-electron chi connectivity index (χ0n) is 12.3. The van der Waals surface area contributed by atoms with Crippen LogP contribution in [0.5, 0.6) is 0 Å². The fourth-order valence-electron chi connectivity index (χ4n) is 1.94. The Morgan fingerprint density at radius 3 is 2.79 bits per heavy atom. The maximum absolute atomic E-state index is 11.1. The lowest BCUT2D eigenvalue weighted by Crippen LogP contribution is -1.92. The van der Waals surface area contributed by atoms with Crippen molar-refractivity contribution in [1.82, 2.24) is 20.2 Å². The van der Waals surface area contributed by atoms with Crippen LogP contribution in [0.1, 0.15) is 6.92 Å². The van der Waals surface area contributed by atoms with Crippen molar-refractivity contribution in [2.24, 2.45) is 0 Å². The van der Waals surface area contributed by atoms with E-state index >= 15 is 0 Å². The van der Waals surface area contributed by atoms with Crippen LogP contribution in [-0.2, 0) is 0 Å². The molecule has 0 aliphatic carbocycles. The number of hydrogen-bond donors (Lipinski definition) is 0. The monoisotopic (exact) mass is 363 g/mol. The van der Waals surface area contributed by atoms with E-state index in [4.69, 9.17) is 16.0 Å². The number of benzene rings is 1. The number of thioether (sulfide) groups is 1. The SMILES string of the molecule is CCSc1ncc(Cl)c(-c2nnc(-c3ccccc3[N+](=O)[O-])o2)n1. The summed E-state index contributed by atoms with van der Waals surface area (Å²) in [4.78, 5) is 19.0. The van der Waals surface area contributed by atoms with E-state index < -0.39 is 4.92 Å². The summed E-state index contributed by atoms with van der Waals surface area (Å²) >= 11 is 7.54. The highest BCUT2D eigenvalue weighted by molar-refractivity contribution is 7.99. The lowest BCUT2D eigenvalue weighted by molar-refractivity contribution is -0.384. The predicted octanol–water partition coefficient (Wildman–Crippen LogP) is 3.87. The predicted molar refractivity (Wildman–Crippen MR) is 88.8 cm³/mol. The molecule has 3 rings (SSSR count). The van der Waals surface area contributed by atoms with Crippen molar-refractivity contribution in [3.63, 3.8) is 0 Å². The molecular formula is C14H10ClN5O3S. The van der Waals surface area contributed by atoms with Crippen LogP contribution in [0.3, 0.4) is 0 Å². The molecule has 0 aliphatic heterocycles. The number of nitro benzene ring substituents is 1. The molecule has 24 heavy (non-hydrogen) atoms. The third-order valence-electron chi connectivity index (χ3n) is 2.95. The van der Waals surface area contributed by atoms with E-state index in [1.54, 1.807) is 12.1 Å². The molecule has 0 saturated carbocycles. The highest BCUT2D eigenvalue weighted by atomic mass is 35.5. The summed E-state index contributed by atoms with van der Waals surface area (Å²) in [6.07, 6.45) is 1.46. The number of para-hydroxylation sites is 1. The summed E-state index contributed by atoms with van der Waals surface area (Å²) in [6, 6.07) is 6.12. The van der Waals surface area contributed by atoms with Crippen molar-refractivity contribution in [2.45, 2.75) is 12.1 Å². The van der Waals surface area contributed by atoms with Crippen LogP contribution in [0.4, 0.5) is 5.69 Å². The summed E-state index contributed by atoms with van der Waals surface area (Å²) in [7, 11) is 0. The van der Waals surface area contributed by atoms with Crippen molar-refractivity contribution >= 4 is 29.1 Å². The number of halogens is 1. The van der Waals surface area contributed by atoms with Gasteiger partial charge in [-0.25, -0.2) is 9.97 Å². The molecule has 10 heteroatoms. The van der Waals surface area contributed by atoms with E-state index in [1.807, 2.05) is 6.92 Å². The van der Waals surface area contributed by atoms with E-state index in [1.165, 1.54) is 30.1 Å². The average molecular weight is 364 g/mol. The van der Waals surface area contributed by atoms with Crippen molar-refractivity contribution in [1.29, 1.82) is 0 Å². The lowest BCUT2D eigenvalue weighted by Gasteiger charge is -2.01. The first-order valence-corrected chi connectivity index (χ1v) is 8.19. The van der Waals surface area contributed by atoms with Crippen LogP contribution in [0, 0.1) is 10.1 Å². The smallest absolute Gasteiger partial charge is 0.282 e. The third kappa shape index (κ3) is 3.22. The molecule has 8 nitrogen and oxygen atoms in total. The third-order valence-corrected chi connectivity index (χ3v) is 3.97. The Balaban J connectivity index is 2.03. The van der Waals surface area contributed by atoms with E-state index in [2.05, 4.69) is 20.2 Å². The fourth-order valence-corrected chi connectivity index (χ4v) is 2.65. The summed E-state index contributed by atoms with van der Waals surface area (Å²) < 4.78 is 5.55. The molecule has 0 atom stereocenters. The van der Waals surface area contributed by atoms with Crippen LogP contribution in [-0.4, -0.2) is 30.8 Å². The van der Waals surface area contributed by atoms with Gasteiger partial charge in [0.15, 0.2) is 10.9 Å². The highest BCUT2D eigenvalue weighted by Gasteiger charge is 2.21. The van der Waals surface area contributed by atoms with Gasteiger partial charge in [0.25, 0.3) is 17.5 Å². The minimum absolute atomic E-state index is 0.0247. The van der Waals surface area contributed by atoms with Crippen molar-refractivity contribution < 1.29 is 9.34 Å². The second-order valence-corrected chi connectivity index (χ2v) is 6.11. The normalized spacial score (nSPS) is 10.8. The maximum atomic E-state index is 11.1. The summed E-state index contributed by atoms with van der Waals surface area (Å²) in [5.41, 5.74) is 0.401.